The molecule has 0 spiro atoms. The van der Waals surface area contributed by atoms with E-state index in [0.29, 0.717) is 61.0 Å². The Morgan fingerprint density at radius 3 is 2.62 bits per heavy atom. The number of amides is 2. The minimum Gasteiger partial charge on any atom is -0.496 e. The lowest BCUT2D eigenvalue weighted by Crippen LogP contribution is -2.65. The number of hydrogen-bond acceptors (Lipinski definition) is 7. The molecule has 2 fully saturated rings. The SMILES string of the molecule is COc1cc(C(=O)N2CC[C@H](C3(C(N)=O)CCCCN3c3nc4ccccc4o3)C2)nc2ccccc12. The molecule has 2 aliphatic rings. The average molecular weight is 500 g/mol. The number of benzene rings is 2. The Morgan fingerprint density at radius 2 is 1.84 bits per heavy atom. The summed E-state index contributed by atoms with van der Waals surface area (Å²) < 4.78 is 11.6. The Morgan fingerprint density at radius 1 is 1.05 bits per heavy atom. The van der Waals surface area contributed by atoms with Crippen LogP contribution in [0.15, 0.2) is 59.0 Å². The maximum atomic E-state index is 13.6. The molecular formula is C28H29N5O4. The van der Waals surface area contributed by atoms with Crippen molar-refractivity contribution in [2.45, 2.75) is 31.2 Å². The van der Waals surface area contributed by atoms with E-state index in [4.69, 9.17) is 14.9 Å². The van der Waals surface area contributed by atoms with Crippen LogP contribution >= 0.6 is 0 Å². The maximum absolute atomic E-state index is 13.6. The van der Waals surface area contributed by atoms with E-state index in [9.17, 15) is 9.59 Å². The summed E-state index contributed by atoms with van der Waals surface area (Å²) >= 11 is 0. The molecule has 2 N–H and O–H groups in total. The number of nitrogens with two attached hydrogens (primary N) is 1. The number of ether oxygens (including phenoxy) is 1. The van der Waals surface area contributed by atoms with Crippen molar-refractivity contribution >= 4 is 39.8 Å². The number of fused-ring (bicyclic) bond motifs is 2. The first-order valence-electron chi connectivity index (χ1n) is 12.7. The number of primary amides is 1. The van der Waals surface area contributed by atoms with Gasteiger partial charge in [0.1, 0.15) is 22.5 Å². The quantitative estimate of drug-likeness (QED) is 0.445. The average Bonchev–Trinajstić information content (AvgIpc) is 3.59. The van der Waals surface area contributed by atoms with Crippen molar-refractivity contribution in [3.05, 3.63) is 60.3 Å². The van der Waals surface area contributed by atoms with E-state index in [2.05, 4.69) is 9.97 Å². The molecule has 6 rings (SSSR count). The molecule has 9 heteroatoms. The van der Waals surface area contributed by atoms with Crippen LogP contribution in [0.5, 0.6) is 5.75 Å². The first-order valence-corrected chi connectivity index (χ1v) is 12.7. The van der Waals surface area contributed by atoms with Crippen molar-refractivity contribution in [2.24, 2.45) is 11.7 Å². The monoisotopic (exact) mass is 499 g/mol. The molecule has 1 unspecified atom stereocenters. The minimum atomic E-state index is -0.983. The van der Waals surface area contributed by atoms with Crippen molar-refractivity contribution in [1.82, 2.24) is 14.9 Å². The summed E-state index contributed by atoms with van der Waals surface area (Å²) in [5.74, 6) is -0.144. The number of oxazole rings is 1. The summed E-state index contributed by atoms with van der Waals surface area (Å²) in [4.78, 5) is 39.8. The van der Waals surface area contributed by atoms with Crippen LogP contribution in [0.2, 0.25) is 0 Å². The molecule has 2 amide bonds. The molecule has 0 aliphatic carbocycles. The number of pyridine rings is 1. The summed E-state index contributed by atoms with van der Waals surface area (Å²) in [6.45, 7) is 1.52. The van der Waals surface area contributed by atoms with Gasteiger partial charge in [-0.3, -0.25) is 9.59 Å². The fourth-order valence-corrected chi connectivity index (χ4v) is 6.04. The third-order valence-electron chi connectivity index (χ3n) is 7.88. The minimum absolute atomic E-state index is 0.161. The van der Waals surface area contributed by atoms with Gasteiger partial charge in [-0.2, -0.15) is 4.98 Å². The van der Waals surface area contributed by atoms with Crippen LogP contribution in [-0.2, 0) is 4.79 Å². The highest BCUT2D eigenvalue weighted by Gasteiger charge is 2.54. The number of likely N-dealkylation sites (tertiary alicyclic amines) is 1. The van der Waals surface area contributed by atoms with Gasteiger partial charge in [-0.05, 0) is 49.9 Å². The fraction of sp³-hybridized carbons (Fsp3) is 0.357. The topological polar surface area (TPSA) is 115 Å². The number of piperidine rings is 1. The molecule has 4 heterocycles. The Kier molecular flexibility index (Phi) is 5.70. The first-order chi connectivity index (χ1) is 18.0. The van der Waals surface area contributed by atoms with Crippen LogP contribution < -0.4 is 15.4 Å². The van der Waals surface area contributed by atoms with Crippen molar-refractivity contribution in [1.29, 1.82) is 0 Å². The molecule has 2 aromatic carbocycles. The van der Waals surface area contributed by atoms with E-state index in [-0.39, 0.29) is 11.8 Å². The van der Waals surface area contributed by atoms with Gasteiger partial charge in [0.2, 0.25) is 5.91 Å². The molecule has 0 saturated carbocycles. The molecule has 37 heavy (non-hydrogen) atoms. The smallest absolute Gasteiger partial charge is 0.299 e. The highest BCUT2D eigenvalue weighted by molar-refractivity contribution is 5.97. The van der Waals surface area contributed by atoms with Gasteiger partial charge < -0.3 is 24.7 Å². The number of rotatable bonds is 5. The molecule has 9 nitrogen and oxygen atoms in total. The maximum Gasteiger partial charge on any atom is 0.299 e. The van der Waals surface area contributed by atoms with Gasteiger partial charge in [0.25, 0.3) is 11.9 Å². The van der Waals surface area contributed by atoms with E-state index in [1.807, 2.05) is 53.4 Å². The largest absolute Gasteiger partial charge is 0.496 e. The molecular weight excluding hydrogens is 470 g/mol. The number of aromatic nitrogens is 2. The van der Waals surface area contributed by atoms with Gasteiger partial charge in [0.05, 0.1) is 12.6 Å². The lowest BCUT2D eigenvalue weighted by atomic mass is 9.75. The van der Waals surface area contributed by atoms with E-state index >= 15 is 0 Å². The van der Waals surface area contributed by atoms with Gasteiger partial charge in [-0.1, -0.05) is 24.3 Å². The third-order valence-corrected chi connectivity index (χ3v) is 7.88. The van der Waals surface area contributed by atoms with Crippen LogP contribution in [0.4, 0.5) is 6.01 Å². The highest BCUT2D eigenvalue weighted by Crippen LogP contribution is 2.43. The molecule has 4 aromatic rings. The van der Waals surface area contributed by atoms with Gasteiger partial charge in [-0.25, -0.2) is 4.98 Å². The summed E-state index contributed by atoms with van der Waals surface area (Å²) in [6, 6.07) is 17.2. The van der Waals surface area contributed by atoms with Gasteiger partial charge in [-0.15, -0.1) is 0 Å². The zero-order chi connectivity index (χ0) is 25.6. The number of para-hydroxylation sites is 3. The second-order valence-electron chi connectivity index (χ2n) is 9.83. The van der Waals surface area contributed by atoms with E-state index in [1.54, 1.807) is 18.1 Å². The van der Waals surface area contributed by atoms with Crippen molar-refractivity contribution in [2.75, 3.05) is 31.6 Å². The van der Waals surface area contributed by atoms with Crippen LogP contribution in [-0.4, -0.2) is 59.0 Å². The number of hydrogen-bond donors (Lipinski definition) is 1. The van der Waals surface area contributed by atoms with Gasteiger partial charge in [0, 0.05) is 37.0 Å². The zero-order valence-electron chi connectivity index (χ0n) is 20.7. The summed E-state index contributed by atoms with van der Waals surface area (Å²) in [5.41, 5.74) is 7.60. The lowest BCUT2D eigenvalue weighted by molar-refractivity contribution is -0.126. The summed E-state index contributed by atoms with van der Waals surface area (Å²) in [7, 11) is 1.59. The number of nitrogens with zero attached hydrogens (tertiary/aromatic N) is 4. The van der Waals surface area contributed by atoms with Crippen LogP contribution in [0.3, 0.4) is 0 Å². The van der Waals surface area contributed by atoms with E-state index < -0.39 is 11.4 Å². The molecule has 2 aromatic heterocycles. The first kappa shape index (κ1) is 23.3. The predicted molar refractivity (Wildman–Crippen MR) is 139 cm³/mol. The number of methoxy groups -OCH3 is 1. The van der Waals surface area contributed by atoms with Crippen molar-refractivity contribution < 1.29 is 18.7 Å². The van der Waals surface area contributed by atoms with Crippen molar-refractivity contribution in [3.8, 4) is 5.75 Å². The summed E-state index contributed by atoms with van der Waals surface area (Å²) in [5, 5.41) is 0.852. The van der Waals surface area contributed by atoms with Crippen LogP contribution in [0.25, 0.3) is 22.0 Å². The van der Waals surface area contributed by atoms with Crippen molar-refractivity contribution in [3.63, 3.8) is 0 Å². The fourth-order valence-electron chi connectivity index (χ4n) is 6.04. The molecule has 190 valence electrons. The summed E-state index contributed by atoms with van der Waals surface area (Å²) in [6.07, 6.45) is 3.02. The Bertz CT molecular complexity index is 1470. The molecule has 0 radical (unpaired) electrons. The Hall–Kier alpha value is -4.14. The Balaban J connectivity index is 1.32. The normalized spacial score (nSPS) is 22.0. The van der Waals surface area contributed by atoms with Gasteiger partial charge >= 0.3 is 0 Å². The van der Waals surface area contributed by atoms with E-state index in [1.165, 1.54) is 0 Å². The lowest BCUT2D eigenvalue weighted by Gasteiger charge is -2.47. The Labute approximate surface area is 214 Å². The second kappa shape index (κ2) is 9.06. The second-order valence-corrected chi connectivity index (χ2v) is 9.83. The molecule has 2 aliphatic heterocycles. The number of carbonyl (C=O) groups excluding carboxylic acids is 2. The van der Waals surface area contributed by atoms with Crippen LogP contribution in [0.1, 0.15) is 36.2 Å². The molecule has 2 saturated heterocycles. The molecule has 0 bridgehead atoms. The highest BCUT2D eigenvalue weighted by atomic mass is 16.5. The number of anilines is 1. The molecule has 2 atom stereocenters. The van der Waals surface area contributed by atoms with Gasteiger partial charge in [0.15, 0.2) is 5.58 Å². The third kappa shape index (κ3) is 3.77. The van der Waals surface area contributed by atoms with E-state index in [0.717, 1.165) is 23.7 Å². The zero-order valence-corrected chi connectivity index (χ0v) is 20.7. The number of carbonyl (C=O) groups is 2. The van der Waals surface area contributed by atoms with Crippen LogP contribution in [0, 0.1) is 5.92 Å². The standard InChI is InChI=1S/C28H29N5O4/c1-36-24-16-22(30-20-9-3-2-8-19(20)24)25(34)32-15-12-18(17-32)28(26(29)35)13-6-7-14-33(28)27-31-21-10-4-5-11-23(21)37-27/h2-5,8-11,16,18H,6-7,12-15,17H2,1H3,(H2,29,35)/t18-,28?/m0/s1. The predicted octanol–water partition coefficient (Wildman–Crippen LogP) is 3.76.